The first-order valence-corrected chi connectivity index (χ1v) is 4.74. The topological polar surface area (TPSA) is 134 Å². The molecule has 1 N–H and O–H groups in total. The molecule has 102 valence electrons. The summed E-state index contributed by atoms with van der Waals surface area (Å²) in [5.74, 6) is 0. The minimum Gasteiger partial charge on any atom is -0.394 e. The Hall–Kier alpha value is -1.68. The maximum atomic E-state index is 9.66. The molecule has 0 radical (unpaired) electrons. The van der Waals surface area contributed by atoms with Gasteiger partial charge in [0.2, 0.25) is 0 Å². The number of aliphatic hydroxyl groups is 1. The van der Waals surface area contributed by atoms with Gasteiger partial charge in [-0.25, -0.2) is 0 Å². The summed E-state index contributed by atoms with van der Waals surface area (Å²) in [5, 5.41) is 25.3. The molecule has 0 rings (SSSR count). The second-order valence-corrected chi connectivity index (χ2v) is 2.43. The summed E-state index contributed by atoms with van der Waals surface area (Å²) in [5.41, 5.74) is 0. The second-order valence-electron chi connectivity index (χ2n) is 2.43. The molecule has 0 saturated carbocycles. The lowest BCUT2D eigenvalue weighted by Gasteiger charge is -2.08. The number of hydrogen-bond donors (Lipinski definition) is 1. The van der Waals surface area contributed by atoms with E-state index in [2.05, 4.69) is 9.68 Å². The molecule has 10 nitrogen and oxygen atoms in total. The van der Waals surface area contributed by atoms with E-state index in [9.17, 15) is 20.2 Å². The van der Waals surface area contributed by atoms with E-state index in [4.69, 9.17) is 9.84 Å². The van der Waals surface area contributed by atoms with Gasteiger partial charge >= 0.3 is 0 Å². The fraction of sp³-hybridized carbons (Fsp3) is 1.00. The van der Waals surface area contributed by atoms with Gasteiger partial charge in [0.1, 0.15) is 6.61 Å². The first-order valence-electron chi connectivity index (χ1n) is 4.74. The molecule has 10 heteroatoms. The van der Waals surface area contributed by atoms with Gasteiger partial charge in [0, 0.05) is 13.2 Å². The summed E-state index contributed by atoms with van der Waals surface area (Å²) < 4.78 is 4.83. The molecule has 0 aliphatic heterocycles. The number of rotatable bonds is 8. The molecule has 0 amide bonds. The maximum absolute atomic E-state index is 9.66. The highest BCUT2D eigenvalue weighted by Gasteiger charge is 2.13. The second kappa shape index (κ2) is 12.4. The molecule has 0 aliphatic carbocycles. The molecule has 1 unspecified atom stereocenters. The maximum Gasteiger partial charge on any atom is 0.294 e. The molecular weight excluding hydrogens is 240 g/mol. The van der Waals surface area contributed by atoms with E-state index < -0.39 is 29.5 Å². The smallest absolute Gasteiger partial charge is 0.294 e. The third-order valence-corrected chi connectivity index (χ3v) is 1.21. The highest BCUT2D eigenvalue weighted by Crippen LogP contribution is 1.92. The Morgan fingerprint density at radius 3 is 1.94 bits per heavy atom. The molecular formula is C7H16N2O8. The van der Waals surface area contributed by atoms with Crippen molar-refractivity contribution in [1.29, 1.82) is 0 Å². The molecule has 0 heterocycles. The van der Waals surface area contributed by atoms with E-state index in [1.807, 2.05) is 13.8 Å². The molecule has 0 aliphatic rings. The Balaban J connectivity index is 0. The van der Waals surface area contributed by atoms with Crippen LogP contribution in [-0.2, 0) is 14.4 Å². The van der Waals surface area contributed by atoms with E-state index in [0.717, 1.165) is 13.2 Å². The van der Waals surface area contributed by atoms with Crippen LogP contribution in [0.5, 0.6) is 0 Å². The summed E-state index contributed by atoms with van der Waals surface area (Å²) >= 11 is 0. The SMILES string of the molecule is CCOCC.O=[N+]([O-])OCC(CO)O[N+](=O)[O-]. The van der Waals surface area contributed by atoms with E-state index in [1.54, 1.807) is 0 Å². The predicted octanol–water partition coefficient (Wildman–Crippen LogP) is -0.193. The molecule has 0 bridgehead atoms. The van der Waals surface area contributed by atoms with Gasteiger partial charge in [-0.05, 0) is 13.8 Å². The minimum absolute atomic E-state index is 0.676. The fourth-order valence-corrected chi connectivity index (χ4v) is 0.586. The Kier molecular flexibility index (Phi) is 12.9. The minimum atomic E-state index is -1.33. The van der Waals surface area contributed by atoms with Crippen molar-refractivity contribution in [3.63, 3.8) is 0 Å². The lowest BCUT2D eigenvalue weighted by atomic mass is 10.4. The molecule has 0 aromatic rings. The highest BCUT2D eigenvalue weighted by molar-refractivity contribution is 4.48. The van der Waals surface area contributed by atoms with Crippen molar-refractivity contribution < 1.29 is 29.7 Å². The van der Waals surface area contributed by atoms with Crippen molar-refractivity contribution in [2.24, 2.45) is 0 Å². The van der Waals surface area contributed by atoms with Gasteiger partial charge in [0.25, 0.3) is 10.2 Å². The third-order valence-electron chi connectivity index (χ3n) is 1.21. The normalized spacial score (nSPS) is 10.8. The summed E-state index contributed by atoms with van der Waals surface area (Å²) in [6.45, 7) is 4.26. The van der Waals surface area contributed by atoms with Crippen LogP contribution in [0, 0.1) is 20.2 Å². The van der Waals surface area contributed by atoms with Crippen LogP contribution in [-0.4, -0.2) is 47.8 Å². The van der Waals surface area contributed by atoms with Crippen molar-refractivity contribution >= 4 is 0 Å². The Labute approximate surface area is 97.3 Å². The van der Waals surface area contributed by atoms with Crippen LogP contribution in [0.4, 0.5) is 0 Å². The van der Waals surface area contributed by atoms with Gasteiger partial charge in [-0.3, -0.25) is 0 Å². The van der Waals surface area contributed by atoms with Crippen LogP contribution in [0.15, 0.2) is 0 Å². The van der Waals surface area contributed by atoms with Gasteiger partial charge in [-0.2, -0.15) is 0 Å². The van der Waals surface area contributed by atoms with Crippen LogP contribution in [0.3, 0.4) is 0 Å². The van der Waals surface area contributed by atoms with Crippen molar-refractivity contribution in [3.05, 3.63) is 20.2 Å². The van der Waals surface area contributed by atoms with Crippen LogP contribution >= 0.6 is 0 Å². The first kappa shape index (κ1) is 17.7. The van der Waals surface area contributed by atoms with E-state index >= 15 is 0 Å². The zero-order valence-corrected chi connectivity index (χ0v) is 9.61. The monoisotopic (exact) mass is 256 g/mol. The quantitative estimate of drug-likeness (QED) is 0.466. The number of aliphatic hydroxyl groups excluding tert-OH is 1. The molecule has 1 atom stereocenters. The molecule has 0 aromatic carbocycles. The lowest BCUT2D eigenvalue weighted by Crippen LogP contribution is -2.27. The summed E-state index contributed by atoms with van der Waals surface area (Å²) in [6, 6.07) is 0. The van der Waals surface area contributed by atoms with Gasteiger partial charge in [0.15, 0.2) is 6.10 Å². The molecule has 0 aromatic heterocycles. The van der Waals surface area contributed by atoms with E-state index in [-0.39, 0.29) is 0 Å². The van der Waals surface area contributed by atoms with Crippen molar-refractivity contribution in [2.75, 3.05) is 26.4 Å². The summed E-state index contributed by atoms with van der Waals surface area (Å²) in [7, 11) is 0. The van der Waals surface area contributed by atoms with Crippen LogP contribution in [0.2, 0.25) is 0 Å². The fourth-order valence-electron chi connectivity index (χ4n) is 0.586. The Morgan fingerprint density at radius 1 is 1.18 bits per heavy atom. The largest absolute Gasteiger partial charge is 0.394 e. The Bertz CT molecular complexity index is 210. The number of hydrogen-bond acceptors (Lipinski definition) is 8. The van der Waals surface area contributed by atoms with Crippen molar-refractivity contribution in [2.45, 2.75) is 20.0 Å². The highest BCUT2D eigenvalue weighted by atomic mass is 17.0. The van der Waals surface area contributed by atoms with E-state index in [0.29, 0.717) is 0 Å². The van der Waals surface area contributed by atoms with Gasteiger partial charge in [0.05, 0.1) is 6.61 Å². The zero-order chi connectivity index (χ0) is 13.7. The molecule has 17 heavy (non-hydrogen) atoms. The van der Waals surface area contributed by atoms with Crippen molar-refractivity contribution in [1.82, 2.24) is 0 Å². The standard InChI is InChI=1S/C4H10O.C3H6N2O7/c1-3-5-4-2;6-1-3(12-5(9)10)2-11-4(7)8/h3-4H2,1-2H3;3,6H,1-2H2. The van der Waals surface area contributed by atoms with Crippen LogP contribution in [0.25, 0.3) is 0 Å². The van der Waals surface area contributed by atoms with Crippen LogP contribution in [0.1, 0.15) is 13.8 Å². The average Bonchev–Trinajstić information content (AvgIpc) is 2.25. The Morgan fingerprint density at radius 2 is 1.71 bits per heavy atom. The van der Waals surface area contributed by atoms with Crippen LogP contribution < -0.4 is 0 Å². The van der Waals surface area contributed by atoms with Gasteiger partial charge in [-0.15, -0.1) is 20.2 Å². The van der Waals surface area contributed by atoms with Gasteiger partial charge < -0.3 is 19.5 Å². The van der Waals surface area contributed by atoms with Gasteiger partial charge in [-0.1, -0.05) is 0 Å². The predicted molar refractivity (Wildman–Crippen MR) is 54.1 cm³/mol. The molecule has 0 spiro atoms. The lowest BCUT2D eigenvalue weighted by molar-refractivity contribution is -0.790. The first-order chi connectivity index (χ1) is 7.97. The summed E-state index contributed by atoms with van der Waals surface area (Å²) in [6.07, 6.45) is -1.33. The molecule has 0 fully saturated rings. The molecule has 0 saturated heterocycles. The van der Waals surface area contributed by atoms with Crippen molar-refractivity contribution in [3.8, 4) is 0 Å². The zero-order valence-electron chi connectivity index (χ0n) is 9.61. The number of nitrogens with zero attached hydrogens (tertiary/aromatic N) is 2. The number of ether oxygens (including phenoxy) is 1. The third kappa shape index (κ3) is 17.0. The average molecular weight is 256 g/mol. The summed E-state index contributed by atoms with van der Waals surface area (Å²) in [4.78, 5) is 26.8. The van der Waals surface area contributed by atoms with E-state index in [1.165, 1.54) is 0 Å².